The second kappa shape index (κ2) is 6.32. The van der Waals surface area contributed by atoms with Crippen LogP contribution in [0.3, 0.4) is 0 Å². The lowest BCUT2D eigenvalue weighted by Gasteiger charge is -2.35. The maximum Gasteiger partial charge on any atom is 0.252 e. The summed E-state index contributed by atoms with van der Waals surface area (Å²) in [6.45, 7) is 4.96. The Kier molecular flexibility index (Phi) is 5.13. The minimum Gasteiger partial charge on any atom is -0.380 e. The predicted octanol–water partition coefficient (Wildman–Crippen LogP) is 2.84. The number of ether oxygens (including phenoxy) is 1. The van der Waals surface area contributed by atoms with Crippen molar-refractivity contribution in [3.8, 4) is 0 Å². The number of rotatable bonds is 4. The third-order valence-electron chi connectivity index (χ3n) is 3.87. The second-order valence-corrected chi connectivity index (χ2v) is 8.78. The smallest absolute Gasteiger partial charge is 0.252 e. The Balaban J connectivity index is 2.25. The molecular formula is C13H20ClNO3S2. The molecule has 1 fully saturated rings. The molecule has 1 aromatic heterocycles. The van der Waals surface area contributed by atoms with E-state index in [2.05, 4.69) is 6.92 Å². The van der Waals surface area contributed by atoms with Crippen LogP contribution in [0.2, 0.25) is 0 Å². The first-order valence-electron chi connectivity index (χ1n) is 6.58. The average molecular weight is 338 g/mol. The minimum absolute atomic E-state index is 0.0351. The third kappa shape index (κ3) is 3.04. The molecule has 0 bridgehead atoms. The Hall–Kier alpha value is -0.140. The van der Waals surface area contributed by atoms with Gasteiger partial charge in [0.1, 0.15) is 4.21 Å². The van der Waals surface area contributed by atoms with Gasteiger partial charge in [-0.05, 0) is 30.9 Å². The first kappa shape index (κ1) is 16.2. The van der Waals surface area contributed by atoms with E-state index in [4.69, 9.17) is 16.3 Å². The first-order chi connectivity index (χ1) is 9.40. The van der Waals surface area contributed by atoms with Gasteiger partial charge in [0.2, 0.25) is 0 Å². The zero-order chi connectivity index (χ0) is 14.9. The van der Waals surface area contributed by atoms with E-state index >= 15 is 0 Å². The number of halogens is 1. The van der Waals surface area contributed by atoms with Gasteiger partial charge in [0.25, 0.3) is 10.0 Å². The van der Waals surface area contributed by atoms with Crippen molar-refractivity contribution in [3.63, 3.8) is 0 Å². The van der Waals surface area contributed by atoms with Crippen molar-refractivity contribution in [3.05, 3.63) is 16.5 Å². The van der Waals surface area contributed by atoms with Crippen molar-refractivity contribution in [1.29, 1.82) is 0 Å². The molecule has 4 nitrogen and oxygen atoms in total. The van der Waals surface area contributed by atoms with E-state index in [0.29, 0.717) is 29.1 Å². The lowest BCUT2D eigenvalue weighted by molar-refractivity contribution is 0.0184. The van der Waals surface area contributed by atoms with Crippen LogP contribution >= 0.6 is 22.9 Å². The number of piperidine rings is 1. The van der Waals surface area contributed by atoms with Crippen LogP contribution in [0.4, 0.5) is 0 Å². The van der Waals surface area contributed by atoms with Gasteiger partial charge < -0.3 is 4.74 Å². The molecule has 0 spiro atoms. The largest absolute Gasteiger partial charge is 0.380 e. The Morgan fingerprint density at radius 2 is 2.25 bits per heavy atom. The summed E-state index contributed by atoms with van der Waals surface area (Å²) in [6.07, 6.45) is 0.789. The summed E-state index contributed by atoms with van der Waals surface area (Å²) >= 11 is 7.10. The van der Waals surface area contributed by atoms with E-state index in [1.54, 1.807) is 13.2 Å². The maximum absolute atomic E-state index is 12.7. The van der Waals surface area contributed by atoms with Crippen LogP contribution in [0.5, 0.6) is 0 Å². The van der Waals surface area contributed by atoms with Gasteiger partial charge in [-0.3, -0.25) is 0 Å². The Bertz CT molecular complexity index is 570. The van der Waals surface area contributed by atoms with Gasteiger partial charge >= 0.3 is 0 Å². The highest BCUT2D eigenvalue weighted by Crippen LogP contribution is 2.32. The molecule has 2 atom stereocenters. The fraction of sp³-hybridized carbons (Fsp3) is 0.692. The summed E-state index contributed by atoms with van der Waals surface area (Å²) in [5.41, 5.74) is 0.942. The van der Waals surface area contributed by atoms with E-state index in [9.17, 15) is 8.42 Å². The van der Waals surface area contributed by atoms with Gasteiger partial charge in [-0.2, -0.15) is 4.31 Å². The number of aryl methyl sites for hydroxylation is 1. The fourth-order valence-electron chi connectivity index (χ4n) is 2.41. The van der Waals surface area contributed by atoms with Crippen molar-refractivity contribution in [2.45, 2.75) is 36.5 Å². The van der Waals surface area contributed by atoms with Crippen molar-refractivity contribution < 1.29 is 13.2 Å². The van der Waals surface area contributed by atoms with E-state index in [0.717, 1.165) is 16.9 Å². The molecule has 0 aliphatic carbocycles. The second-order valence-electron chi connectivity index (χ2n) is 5.21. The highest BCUT2D eigenvalue weighted by Gasteiger charge is 2.34. The van der Waals surface area contributed by atoms with Gasteiger partial charge in [0.05, 0.1) is 12.0 Å². The van der Waals surface area contributed by atoms with Crippen molar-refractivity contribution >= 4 is 33.0 Å². The number of hydrogen-bond donors (Lipinski definition) is 0. The molecule has 1 aliphatic heterocycles. The number of methoxy groups -OCH3 is 1. The maximum atomic E-state index is 12.7. The van der Waals surface area contributed by atoms with Gasteiger partial charge in [-0.25, -0.2) is 8.42 Å². The van der Waals surface area contributed by atoms with Crippen molar-refractivity contribution in [2.75, 3.05) is 20.2 Å². The monoisotopic (exact) mass is 337 g/mol. The molecule has 2 heterocycles. The summed E-state index contributed by atoms with van der Waals surface area (Å²) in [5, 5.41) is 0. The molecule has 1 aromatic rings. The standard InChI is InChI=1S/C13H20ClNO3S2/c1-9-4-5-15(8-11(9)18-3)20(16,17)13-6-10(2)12(7-14)19-13/h6,9,11H,4-5,7-8H2,1-3H3. The van der Waals surface area contributed by atoms with Crippen LogP contribution in [-0.2, 0) is 20.6 Å². The molecule has 1 saturated heterocycles. The molecular weight excluding hydrogens is 318 g/mol. The molecule has 2 unspecified atom stereocenters. The molecule has 0 N–H and O–H groups in total. The molecule has 0 radical (unpaired) electrons. The van der Waals surface area contributed by atoms with Crippen LogP contribution in [0.1, 0.15) is 23.8 Å². The van der Waals surface area contributed by atoms with Crippen LogP contribution in [0, 0.1) is 12.8 Å². The third-order valence-corrected chi connectivity index (χ3v) is 7.85. The van der Waals surface area contributed by atoms with Crippen LogP contribution < -0.4 is 0 Å². The molecule has 0 amide bonds. The molecule has 7 heteroatoms. The minimum atomic E-state index is -3.43. The lowest BCUT2D eigenvalue weighted by atomic mass is 9.97. The van der Waals surface area contributed by atoms with Crippen molar-refractivity contribution in [1.82, 2.24) is 4.31 Å². The van der Waals surface area contributed by atoms with Gasteiger partial charge in [-0.1, -0.05) is 6.92 Å². The molecule has 0 saturated carbocycles. The predicted molar refractivity (Wildman–Crippen MR) is 81.9 cm³/mol. The summed E-state index contributed by atoms with van der Waals surface area (Å²) in [7, 11) is -1.79. The zero-order valence-electron chi connectivity index (χ0n) is 11.9. The summed E-state index contributed by atoms with van der Waals surface area (Å²) in [6, 6.07) is 1.72. The fourth-order valence-corrected chi connectivity index (χ4v) is 5.84. The number of hydrogen-bond acceptors (Lipinski definition) is 4. The Labute approximate surface area is 129 Å². The highest BCUT2D eigenvalue weighted by atomic mass is 35.5. The number of nitrogens with zero attached hydrogens (tertiary/aromatic N) is 1. The normalized spacial score (nSPS) is 25.0. The average Bonchev–Trinajstić information content (AvgIpc) is 2.81. The van der Waals surface area contributed by atoms with E-state index in [1.165, 1.54) is 15.6 Å². The van der Waals surface area contributed by atoms with Crippen molar-refractivity contribution in [2.24, 2.45) is 5.92 Å². The lowest BCUT2D eigenvalue weighted by Crippen LogP contribution is -2.46. The molecule has 114 valence electrons. The molecule has 2 rings (SSSR count). The molecule has 20 heavy (non-hydrogen) atoms. The number of sulfonamides is 1. The quantitative estimate of drug-likeness (QED) is 0.794. The summed E-state index contributed by atoms with van der Waals surface area (Å²) < 4.78 is 32.7. The van der Waals surface area contributed by atoms with E-state index in [1.807, 2.05) is 6.92 Å². The van der Waals surface area contributed by atoms with E-state index < -0.39 is 10.0 Å². The SMILES string of the molecule is COC1CN(S(=O)(=O)c2cc(C)c(CCl)s2)CCC1C. The summed E-state index contributed by atoms with van der Waals surface area (Å²) in [4.78, 5) is 0.916. The molecule has 1 aliphatic rings. The highest BCUT2D eigenvalue weighted by molar-refractivity contribution is 7.91. The van der Waals surface area contributed by atoms with Gasteiger partial charge in [-0.15, -0.1) is 22.9 Å². The van der Waals surface area contributed by atoms with Gasteiger partial charge in [0, 0.05) is 25.1 Å². The number of thiophene rings is 1. The Morgan fingerprint density at radius 3 is 2.80 bits per heavy atom. The topological polar surface area (TPSA) is 46.6 Å². The Morgan fingerprint density at radius 1 is 1.55 bits per heavy atom. The summed E-state index contributed by atoms with van der Waals surface area (Å²) in [5.74, 6) is 0.735. The van der Waals surface area contributed by atoms with Crippen LogP contribution in [0.15, 0.2) is 10.3 Å². The zero-order valence-corrected chi connectivity index (χ0v) is 14.3. The van der Waals surface area contributed by atoms with Crippen LogP contribution in [-0.4, -0.2) is 39.0 Å². The van der Waals surface area contributed by atoms with Gasteiger partial charge in [0.15, 0.2) is 0 Å². The van der Waals surface area contributed by atoms with E-state index in [-0.39, 0.29) is 6.10 Å². The first-order valence-corrected chi connectivity index (χ1v) is 9.37. The van der Waals surface area contributed by atoms with Crippen LogP contribution in [0.25, 0.3) is 0 Å². The number of alkyl halides is 1. The molecule has 0 aromatic carbocycles.